The molecule has 0 spiro atoms. The number of hydrogen-bond acceptors (Lipinski definition) is 6. The van der Waals surface area contributed by atoms with Crippen LogP contribution in [0, 0.1) is 0 Å². The van der Waals surface area contributed by atoms with Gasteiger partial charge in [0.1, 0.15) is 0 Å². The van der Waals surface area contributed by atoms with E-state index in [1.165, 1.54) is 12.1 Å². The summed E-state index contributed by atoms with van der Waals surface area (Å²) in [4.78, 5) is 12.0. The van der Waals surface area contributed by atoms with Gasteiger partial charge in [-0.1, -0.05) is 13.0 Å². The summed E-state index contributed by atoms with van der Waals surface area (Å²) in [5.41, 5.74) is 5.28. The average molecular weight is 298 g/mol. The fourth-order valence-corrected chi connectivity index (χ4v) is 1.84. The zero-order valence-electron chi connectivity index (χ0n) is 11.9. The summed E-state index contributed by atoms with van der Waals surface area (Å²) in [5.74, 6) is -1.04. The number of amides is 1. The maximum atomic E-state index is 12.0. The van der Waals surface area contributed by atoms with Crippen LogP contribution in [0.1, 0.15) is 18.9 Å². The lowest BCUT2D eigenvalue weighted by Crippen LogP contribution is -2.58. The molecule has 0 unspecified atom stereocenters. The van der Waals surface area contributed by atoms with Gasteiger partial charge in [-0.15, -0.1) is 0 Å². The third-order valence-electron chi connectivity index (χ3n) is 3.50. The molecular weight excluding hydrogens is 276 g/mol. The molecule has 7 N–H and O–H groups in total. The molecule has 0 fully saturated rings. The summed E-state index contributed by atoms with van der Waals surface area (Å²) in [5, 5.41) is 39.7. The van der Waals surface area contributed by atoms with Gasteiger partial charge in [0.2, 0.25) is 5.91 Å². The molecule has 0 bridgehead atoms. The van der Waals surface area contributed by atoms with Gasteiger partial charge in [-0.3, -0.25) is 4.79 Å². The number of phenolic OH excluding ortho intramolecular Hbond substituents is 2. The molecule has 1 rings (SSSR count). The predicted octanol–water partition coefficient (Wildman–Crippen LogP) is -0.783. The number of hydrogen-bond donors (Lipinski definition) is 6. The second kappa shape index (κ2) is 7.26. The molecule has 0 saturated heterocycles. The lowest BCUT2D eigenvalue weighted by molar-refractivity contribution is -0.125. The van der Waals surface area contributed by atoms with Gasteiger partial charge < -0.3 is 31.5 Å². The summed E-state index contributed by atoms with van der Waals surface area (Å²) in [6.07, 6.45) is 0.509. The first kappa shape index (κ1) is 17.2. The zero-order chi connectivity index (χ0) is 16.0. The smallest absolute Gasteiger partial charge is 0.237 e. The van der Waals surface area contributed by atoms with Crippen LogP contribution in [0.25, 0.3) is 0 Å². The third-order valence-corrected chi connectivity index (χ3v) is 3.50. The lowest BCUT2D eigenvalue weighted by Gasteiger charge is -2.31. The zero-order valence-corrected chi connectivity index (χ0v) is 11.9. The molecule has 1 amide bonds. The number of carbonyl (C=O) groups is 1. The Morgan fingerprint density at radius 3 is 2.38 bits per heavy atom. The number of phenols is 2. The highest BCUT2D eigenvalue weighted by molar-refractivity contribution is 5.82. The van der Waals surface area contributed by atoms with Gasteiger partial charge in [0, 0.05) is 0 Å². The monoisotopic (exact) mass is 298 g/mol. The van der Waals surface area contributed by atoms with Crippen molar-refractivity contribution in [1.29, 1.82) is 0 Å². The lowest BCUT2D eigenvalue weighted by atomic mass is 9.97. The van der Waals surface area contributed by atoms with E-state index >= 15 is 0 Å². The van der Waals surface area contributed by atoms with E-state index in [2.05, 4.69) is 5.32 Å². The van der Waals surface area contributed by atoms with Crippen LogP contribution in [0.4, 0.5) is 0 Å². The molecule has 21 heavy (non-hydrogen) atoms. The van der Waals surface area contributed by atoms with Gasteiger partial charge >= 0.3 is 0 Å². The van der Waals surface area contributed by atoms with Crippen molar-refractivity contribution in [1.82, 2.24) is 5.32 Å². The Balaban J connectivity index is 2.72. The highest BCUT2D eigenvalue weighted by Crippen LogP contribution is 2.25. The summed E-state index contributed by atoms with van der Waals surface area (Å²) in [6, 6.07) is 3.28. The molecule has 0 radical (unpaired) electrons. The normalized spacial score (nSPS) is 13.0. The van der Waals surface area contributed by atoms with Crippen LogP contribution >= 0.6 is 0 Å². The average Bonchev–Trinajstić information content (AvgIpc) is 2.48. The van der Waals surface area contributed by atoms with E-state index in [1.807, 2.05) is 0 Å². The molecule has 0 aromatic heterocycles. The van der Waals surface area contributed by atoms with Crippen molar-refractivity contribution in [3.8, 4) is 11.5 Å². The number of nitrogens with one attached hydrogen (secondary N) is 1. The molecule has 7 nitrogen and oxygen atoms in total. The van der Waals surface area contributed by atoms with Gasteiger partial charge in [-0.05, 0) is 30.5 Å². The van der Waals surface area contributed by atoms with Crippen LogP contribution in [0.2, 0.25) is 0 Å². The van der Waals surface area contributed by atoms with Crippen LogP contribution in [0.15, 0.2) is 18.2 Å². The Labute approximate surface area is 123 Å². The molecular formula is C14H22N2O5. The van der Waals surface area contributed by atoms with E-state index in [0.29, 0.717) is 12.0 Å². The molecule has 1 aromatic carbocycles. The Hall–Kier alpha value is -1.83. The van der Waals surface area contributed by atoms with Gasteiger partial charge in [0.25, 0.3) is 0 Å². The van der Waals surface area contributed by atoms with E-state index < -0.39 is 30.7 Å². The van der Waals surface area contributed by atoms with Crippen LogP contribution < -0.4 is 11.1 Å². The first-order valence-electron chi connectivity index (χ1n) is 6.67. The third kappa shape index (κ3) is 4.32. The van der Waals surface area contributed by atoms with E-state index in [0.717, 1.165) is 0 Å². The number of benzene rings is 1. The van der Waals surface area contributed by atoms with Crippen LogP contribution in [0.3, 0.4) is 0 Å². The number of aliphatic hydroxyl groups is 2. The summed E-state index contributed by atoms with van der Waals surface area (Å²) >= 11 is 0. The van der Waals surface area contributed by atoms with Crippen molar-refractivity contribution in [3.05, 3.63) is 23.8 Å². The molecule has 0 saturated carbocycles. The van der Waals surface area contributed by atoms with Crippen molar-refractivity contribution >= 4 is 5.91 Å². The number of nitrogens with two attached hydrogens (primary N) is 1. The van der Waals surface area contributed by atoms with E-state index in [-0.39, 0.29) is 17.9 Å². The van der Waals surface area contributed by atoms with Gasteiger partial charge in [0.15, 0.2) is 11.5 Å². The van der Waals surface area contributed by atoms with Crippen molar-refractivity contribution in [2.75, 3.05) is 13.2 Å². The second-order valence-corrected chi connectivity index (χ2v) is 5.07. The minimum Gasteiger partial charge on any atom is -0.504 e. The van der Waals surface area contributed by atoms with Crippen molar-refractivity contribution in [3.63, 3.8) is 0 Å². The van der Waals surface area contributed by atoms with Crippen LogP contribution in [0.5, 0.6) is 11.5 Å². The Morgan fingerprint density at radius 2 is 1.90 bits per heavy atom. The van der Waals surface area contributed by atoms with Gasteiger partial charge in [-0.2, -0.15) is 0 Å². The Bertz CT molecular complexity index is 480. The maximum absolute atomic E-state index is 12.0. The first-order valence-corrected chi connectivity index (χ1v) is 6.67. The maximum Gasteiger partial charge on any atom is 0.237 e. The fourth-order valence-electron chi connectivity index (χ4n) is 1.84. The standard InChI is InChI=1S/C14H22N2O5/c1-2-14(7-17,8-18)16-13(21)10(15)5-9-3-4-11(19)12(20)6-9/h3-4,6,10,17-20H,2,5,7-8,15H2,1H3,(H,16,21)/t10-/m0/s1. The molecule has 1 atom stereocenters. The van der Waals surface area contributed by atoms with E-state index in [4.69, 9.17) is 5.73 Å². The first-order chi connectivity index (χ1) is 9.87. The SMILES string of the molecule is CCC(CO)(CO)NC(=O)[C@@H](N)Cc1ccc(O)c(O)c1. The second-order valence-electron chi connectivity index (χ2n) is 5.07. The van der Waals surface area contributed by atoms with Crippen molar-refractivity contribution < 1.29 is 25.2 Å². The number of carbonyl (C=O) groups excluding carboxylic acids is 1. The predicted molar refractivity (Wildman–Crippen MR) is 76.8 cm³/mol. The highest BCUT2D eigenvalue weighted by atomic mass is 16.3. The minimum atomic E-state index is -1.09. The Kier molecular flexibility index (Phi) is 5.95. The number of aliphatic hydroxyl groups excluding tert-OH is 2. The Morgan fingerprint density at radius 1 is 1.29 bits per heavy atom. The van der Waals surface area contributed by atoms with E-state index in [9.17, 15) is 25.2 Å². The molecule has 0 heterocycles. The fraction of sp³-hybridized carbons (Fsp3) is 0.500. The molecule has 0 aliphatic rings. The van der Waals surface area contributed by atoms with Gasteiger partial charge in [-0.25, -0.2) is 0 Å². The largest absolute Gasteiger partial charge is 0.504 e. The summed E-state index contributed by atoms with van der Waals surface area (Å²) in [6.45, 7) is 0.952. The molecule has 7 heteroatoms. The topological polar surface area (TPSA) is 136 Å². The molecule has 1 aromatic rings. The van der Waals surface area contributed by atoms with E-state index in [1.54, 1.807) is 13.0 Å². The van der Waals surface area contributed by atoms with Crippen LogP contribution in [-0.2, 0) is 11.2 Å². The number of aromatic hydroxyl groups is 2. The molecule has 0 aliphatic carbocycles. The summed E-state index contributed by atoms with van der Waals surface area (Å²) in [7, 11) is 0. The van der Waals surface area contributed by atoms with Crippen LogP contribution in [-0.4, -0.2) is 51.1 Å². The van der Waals surface area contributed by atoms with Gasteiger partial charge in [0.05, 0.1) is 24.8 Å². The minimum absolute atomic E-state index is 0.149. The molecule has 0 aliphatic heterocycles. The number of rotatable bonds is 7. The quantitative estimate of drug-likeness (QED) is 0.365. The summed E-state index contributed by atoms with van der Waals surface area (Å²) < 4.78 is 0. The molecule has 118 valence electrons. The van der Waals surface area contributed by atoms with Crippen molar-refractivity contribution in [2.24, 2.45) is 5.73 Å². The highest BCUT2D eigenvalue weighted by Gasteiger charge is 2.30. The van der Waals surface area contributed by atoms with Crippen molar-refractivity contribution in [2.45, 2.75) is 31.3 Å².